The highest BCUT2D eigenvalue weighted by Crippen LogP contribution is 2.25. The minimum Gasteiger partial charge on any atom is -0.465 e. The van der Waals surface area contributed by atoms with Crippen LogP contribution < -0.4 is 5.32 Å². The van der Waals surface area contributed by atoms with Crippen LogP contribution in [0.5, 0.6) is 0 Å². The Labute approximate surface area is 130 Å². The summed E-state index contributed by atoms with van der Waals surface area (Å²) in [6.45, 7) is 11.9. The maximum atomic E-state index is 12.0. The molecule has 1 aromatic heterocycles. The van der Waals surface area contributed by atoms with E-state index in [2.05, 4.69) is 36.4 Å². The number of ether oxygens (including phenoxy) is 1. The Morgan fingerprint density at radius 1 is 1.57 bits per heavy atom. The van der Waals surface area contributed by atoms with E-state index in [0.29, 0.717) is 19.7 Å². The smallest absolute Gasteiger partial charge is 0.324 e. The van der Waals surface area contributed by atoms with Gasteiger partial charge in [-0.15, -0.1) is 11.3 Å². The van der Waals surface area contributed by atoms with Crippen LogP contribution in [-0.4, -0.2) is 48.1 Å². The van der Waals surface area contributed by atoms with Crippen molar-refractivity contribution in [3.63, 3.8) is 0 Å². The Morgan fingerprint density at radius 3 is 2.95 bits per heavy atom. The fourth-order valence-electron chi connectivity index (χ4n) is 2.31. The summed E-state index contributed by atoms with van der Waals surface area (Å²) >= 11 is 1.67. The Hall–Kier alpha value is -0.980. The third-order valence-corrected chi connectivity index (χ3v) is 4.41. The lowest BCUT2D eigenvalue weighted by atomic mass is 9.93. The second-order valence-corrected chi connectivity index (χ2v) is 7.26. The van der Waals surface area contributed by atoms with Crippen LogP contribution in [0.25, 0.3) is 0 Å². The van der Waals surface area contributed by atoms with Crippen LogP contribution in [0.4, 0.5) is 0 Å². The summed E-state index contributed by atoms with van der Waals surface area (Å²) in [6, 6.07) is -0.208. The summed E-state index contributed by atoms with van der Waals surface area (Å²) in [7, 11) is 0. The molecule has 5 nitrogen and oxygen atoms in total. The molecule has 1 aliphatic rings. The molecule has 1 atom stereocenters. The summed E-state index contributed by atoms with van der Waals surface area (Å²) in [5, 5.41) is 6.45. The lowest BCUT2D eigenvalue weighted by molar-refractivity contribution is -0.150. The second-order valence-electron chi connectivity index (χ2n) is 6.32. The molecule has 21 heavy (non-hydrogen) atoms. The third-order valence-electron chi connectivity index (χ3n) is 3.57. The highest BCUT2D eigenvalue weighted by Gasteiger charge is 2.30. The van der Waals surface area contributed by atoms with Gasteiger partial charge in [-0.2, -0.15) is 0 Å². The van der Waals surface area contributed by atoms with Gasteiger partial charge in [0, 0.05) is 30.4 Å². The van der Waals surface area contributed by atoms with Crippen LogP contribution in [0.15, 0.2) is 5.38 Å². The minimum atomic E-state index is -0.208. The highest BCUT2D eigenvalue weighted by molar-refractivity contribution is 7.09. The molecular formula is C15H25N3O2S. The molecule has 1 aromatic rings. The van der Waals surface area contributed by atoms with Gasteiger partial charge in [0.25, 0.3) is 0 Å². The molecule has 0 aromatic carbocycles. The predicted octanol–water partition coefficient (Wildman–Crippen LogP) is 1.78. The van der Waals surface area contributed by atoms with E-state index < -0.39 is 0 Å². The van der Waals surface area contributed by atoms with E-state index in [9.17, 15) is 4.79 Å². The monoisotopic (exact) mass is 311 g/mol. The lowest BCUT2D eigenvalue weighted by Crippen LogP contribution is -2.54. The third kappa shape index (κ3) is 4.25. The molecule has 0 spiro atoms. The summed E-state index contributed by atoms with van der Waals surface area (Å²) in [4.78, 5) is 18.9. The molecule has 0 amide bonds. The second kappa shape index (κ2) is 6.85. The van der Waals surface area contributed by atoms with E-state index in [0.717, 1.165) is 23.8 Å². The number of nitrogens with one attached hydrogen (secondary N) is 1. The molecule has 0 radical (unpaired) electrons. The zero-order valence-electron chi connectivity index (χ0n) is 13.3. The fraction of sp³-hybridized carbons (Fsp3) is 0.733. The minimum absolute atomic E-state index is 0.0682. The van der Waals surface area contributed by atoms with Gasteiger partial charge in [-0.3, -0.25) is 9.69 Å². The molecule has 6 heteroatoms. The predicted molar refractivity (Wildman–Crippen MR) is 84.5 cm³/mol. The van der Waals surface area contributed by atoms with Crippen molar-refractivity contribution in [2.24, 2.45) is 0 Å². The first kappa shape index (κ1) is 16.4. The Balaban J connectivity index is 2.05. The number of hydrogen-bond donors (Lipinski definition) is 1. The van der Waals surface area contributed by atoms with Gasteiger partial charge in [-0.05, 0) is 6.92 Å². The molecule has 1 unspecified atom stereocenters. The summed E-state index contributed by atoms with van der Waals surface area (Å²) in [6.07, 6.45) is 0. The van der Waals surface area contributed by atoms with Gasteiger partial charge in [0.1, 0.15) is 11.0 Å². The summed E-state index contributed by atoms with van der Waals surface area (Å²) < 4.78 is 5.17. The molecular weight excluding hydrogens is 286 g/mol. The SMILES string of the molecule is CCOC(=O)C1CNCCN1Cc1nc(C(C)(C)C)cs1. The molecule has 2 heterocycles. The first-order valence-electron chi connectivity index (χ1n) is 7.48. The largest absolute Gasteiger partial charge is 0.465 e. The molecule has 0 aliphatic carbocycles. The molecule has 1 fully saturated rings. The van der Waals surface area contributed by atoms with Gasteiger partial charge >= 0.3 is 5.97 Å². The lowest BCUT2D eigenvalue weighted by Gasteiger charge is -2.33. The van der Waals surface area contributed by atoms with Gasteiger partial charge in [-0.1, -0.05) is 20.8 Å². The molecule has 1 N–H and O–H groups in total. The van der Waals surface area contributed by atoms with Crippen molar-refractivity contribution in [2.75, 3.05) is 26.2 Å². The standard InChI is InChI=1S/C15H25N3O2S/c1-5-20-14(19)11-8-16-6-7-18(11)9-13-17-12(10-21-13)15(2,3)4/h10-11,16H,5-9H2,1-4H3. The molecule has 1 aliphatic heterocycles. The molecule has 2 rings (SSSR count). The average Bonchev–Trinajstić information content (AvgIpc) is 2.88. The number of piperazine rings is 1. The van der Waals surface area contributed by atoms with Crippen LogP contribution >= 0.6 is 11.3 Å². The van der Waals surface area contributed by atoms with Gasteiger partial charge in [0.15, 0.2) is 0 Å². The first-order valence-corrected chi connectivity index (χ1v) is 8.36. The Morgan fingerprint density at radius 2 is 2.33 bits per heavy atom. The van der Waals surface area contributed by atoms with Crippen molar-refractivity contribution in [2.45, 2.75) is 45.7 Å². The quantitative estimate of drug-likeness (QED) is 0.859. The number of thiazole rings is 1. The van der Waals surface area contributed by atoms with Crippen molar-refractivity contribution in [3.05, 3.63) is 16.1 Å². The van der Waals surface area contributed by atoms with Crippen LogP contribution in [0.1, 0.15) is 38.4 Å². The van der Waals surface area contributed by atoms with E-state index in [1.165, 1.54) is 0 Å². The summed E-state index contributed by atoms with van der Waals surface area (Å²) in [5.74, 6) is -0.141. The van der Waals surface area contributed by atoms with Crippen LogP contribution in [0, 0.1) is 0 Å². The maximum Gasteiger partial charge on any atom is 0.324 e. The normalized spacial score (nSPS) is 20.5. The van der Waals surface area contributed by atoms with E-state index in [-0.39, 0.29) is 17.4 Å². The summed E-state index contributed by atoms with van der Waals surface area (Å²) in [5.41, 5.74) is 1.18. The number of carbonyl (C=O) groups is 1. The molecule has 0 bridgehead atoms. The van der Waals surface area contributed by atoms with E-state index in [1.807, 2.05) is 6.92 Å². The number of rotatable bonds is 4. The van der Waals surface area contributed by atoms with Gasteiger partial charge in [-0.25, -0.2) is 4.98 Å². The highest BCUT2D eigenvalue weighted by atomic mass is 32.1. The van der Waals surface area contributed by atoms with Gasteiger partial charge < -0.3 is 10.1 Å². The topological polar surface area (TPSA) is 54.5 Å². The van der Waals surface area contributed by atoms with Crippen molar-refractivity contribution in [1.29, 1.82) is 0 Å². The molecule has 118 valence electrons. The Bertz CT molecular complexity index is 482. The number of esters is 1. The first-order chi connectivity index (χ1) is 9.91. The maximum absolute atomic E-state index is 12.0. The van der Waals surface area contributed by atoms with Crippen LogP contribution in [0.2, 0.25) is 0 Å². The molecule has 0 saturated carbocycles. The zero-order valence-corrected chi connectivity index (χ0v) is 14.1. The van der Waals surface area contributed by atoms with Crippen LogP contribution in [0.3, 0.4) is 0 Å². The van der Waals surface area contributed by atoms with Crippen LogP contribution in [-0.2, 0) is 21.5 Å². The molecule has 1 saturated heterocycles. The van der Waals surface area contributed by atoms with Crippen molar-refractivity contribution >= 4 is 17.3 Å². The van der Waals surface area contributed by atoms with Crippen molar-refractivity contribution < 1.29 is 9.53 Å². The zero-order chi connectivity index (χ0) is 15.5. The van der Waals surface area contributed by atoms with Crippen molar-refractivity contribution in [3.8, 4) is 0 Å². The van der Waals surface area contributed by atoms with Crippen molar-refractivity contribution in [1.82, 2.24) is 15.2 Å². The number of hydrogen-bond acceptors (Lipinski definition) is 6. The number of carbonyl (C=O) groups excluding carboxylic acids is 1. The average molecular weight is 311 g/mol. The van der Waals surface area contributed by atoms with E-state index >= 15 is 0 Å². The fourth-order valence-corrected chi connectivity index (χ4v) is 3.35. The number of aromatic nitrogens is 1. The van der Waals surface area contributed by atoms with Gasteiger partial charge in [0.05, 0.1) is 18.8 Å². The Kier molecular flexibility index (Phi) is 5.35. The van der Waals surface area contributed by atoms with E-state index in [4.69, 9.17) is 9.72 Å². The van der Waals surface area contributed by atoms with Gasteiger partial charge in [0.2, 0.25) is 0 Å². The van der Waals surface area contributed by atoms with E-state index in [1.54, 1.807) is 11.3 Å². The number of nitrogens with zero attached hydrogens (tertiary/aromatic N) is 2.